The van der Waals surface area contributed by atoms with Crippen LogP contribution in [0.2, 0.25) is 0 Å². The van der Waals surface area contributed by atoms with Gasteiger partial charge in [-0.15, -0.1) is 0 Å². The first-order valence-corrected chi connectivity index (χ1v) is 7.42. The van der Waals surface area contributed by atoms with Crippen LogP contribution in [0.25, 0.3) is 0 Å². The lowest BCUT2D eigenvalue weighted by atomic mass is 10.0. The molecule has 0 aliphatic carbocycles. The van der Waals surface area contributed by atoms with E-state index in [4.69, 9.17) is 0 Å². The van der Waals surface area contributed by atoms with Crippen molar-refractivity contribution in [2.24, 2.45) is 11.8 Å². The molecule has 0 saturated carbocycles. The first kappa shape index (κ1) is 15.5. The smallest absolute Gasteiger partial charge is 0.241 e. The normalized spacial score (nSPS) is 26.4. The van der Waals surface area contributed by atoms with Crippen LogP contribution in [0, 0.1) is 11.8 Å². The van der Waals surface area contributed by atoms with Crippen molar-refractivity contribution in [1.29, 1.82) is 0 Å². The van der Waals surface area contributed by atoms with E-state index >= 15 is 0 Å². The highest BCUT2D eigenvalue weighted by atomic mass is 16.2. The number of nitrogens with zero attached hydrogens (tertiary/aromatic N) is 1. The van der Waals surface area contributed by atoms with Gasteiger partial charge in [0.05, 0.1) is 12.2 Å². The minimum absolute atomic E-state index is 0.00699. The Hall–Kier alpha value is -0.570. The fourth-order valence-electron chi connectivity index (χ4n) is 2.80. The minimum Gasteiger partial charge on any atom is -0.323 e. The summed E-state index contributed by atoms with van der Waals surface area (Å²) in [5, 5.41) is 3.41. The molecular formula is C15H30N2O. The summed E-state index contributed by atoms with van der Waals surface area (Å²) in [7, 11) is 0. The summed E-state index contributed by atoms with van der Waals surface area (Å²) in [5.41, 5.74) is 0. The molecule has 1 aliphatic heterocycles. The summed E-state index contributed by atoms with van der Waals surface area (Å²) in [4.78, 5) is 14.4. The Morgan fingerprint density at radius 1 is 1.17 bits per heavy atom. The lowest BCUT2D eigenvalue weighted by Gasteiger charge is -2.28. The molecule has 0 aromatic carbocycles. The second kappa shape index (κ2) is 6.55. The molecular weight excluding hydrogens is 224 g/mol. The molecule has 3 nitrogen and oxygen atoms in total. The zero-order valence-electron chi connectivity index (χ0n) is 12.9. The molecule has 0 spiro atoms. The molecule has 3 unspecified atom stereocenters. The summed E-state index contributed by atoms with van der Waals surface area (Å²) >= 11 is 0. The summed E-state index contributed by atoms with van der Waals surface area (Å²) < 4.78 is 0. The number of nitrogens with one attached hydrogen (secondary N) is 1. The number of rotatable bonds is 6. The van der Waals surface area contributed by atoms with Crippen molar-refractivity contribution in [2.45, 2.75) is 79.1 Å². The van der Waals surface area contributed by atoms with E-state index in [1.165, 1.54) is 12.8 Å². The van der Waals surface area contributed by atoms with Crippen molar-refractivity contribution in [3.8, 4) is 0 Å². The van der Waals surface area contributed by atoms with Gasteiger partial charge in [-0.25, -0.2) is 0 Å². The third kappa shape index (κ3) is 3.71. The number of carbonyl (C=O) groups excluding carboxylic acids is 1. The van der Waals surface area contributed by atoms with Gasteiger partial charge in [0.1, 0.15) is 0 Å². The molecule has 0 aromatic heterocycles. The molecule has 106 valence electrons. The molecule has 1 heterocycles. The van der Waals surface area contributed by atoms with E-state index in [-0.39, 0.29) is 18.1 Å². The monoisotopic (exact) mass is 254 g/mol. The van der Waals surface area contributed by atoms with Crippen molar-refractivity contribution < 1.29 is 4.79 Å². The molecule has 1 amide bonds. The second-order valence-electron chi connectivity index (χ2n) is 6.48. The predicted molar refractivity (Wildman–Crippen MR) is 76.2 cm³/mol. The average Bonchev–Trinajstić information content (AvgIpc) is 2.53. The lowest BCUT2D eigenvalue weighted by Crippen LogP contribution is -2.41. The van der Waals surface area contributed by atoms with Gasteiger partial charge in [0.15, 0.2) is 0 Å². The Bertz CT molecular complexity index is 276. The van der Waals surface area contributed by atoms with Crippen LogP contribution < -0.4 is 5.32 Å². The fourth-order valence-corrected chi connectivity index (χ4v) is 2.80. The van der Waals surface area contributed by atoms with Gasteiger partial charge < -0.3 is 4.90 Å². The van der Waals surface area contributed by atoms with E-state index in [1.54, 1.807) is 0 Å². The van der Waals surface area contributed by atoms with Gasteiger partial charge in [0, 0.05) is 6.04 Å². The standard InChI is InChI=1S/C15H30N2O/c1-10(2)8-7-9-12(5)17-13(6)16-14(11(3)4)15(17)18/h10-14,16H,7-9H2,1-6H3. The van der Waals surface area contributed by atoms with Crippen LogP contribution >= 0.6 is 0 Å². The van der Waals surface area contributed by atoms with Gasteiger partial charge in [-0.3, -0.25) is 10.1 Å². The van der Waals surface area contributed by atoms with E-state index in [2.05, 4.69) is 46.9 Å². The number of hydrogen-bond acceptors (Lipinski definition) is 2. The molecule has 0 bridgehead atoms. The summed E-state index contributed by atoms with van der Waals surface area (Å²) in [6, 6.07) is 0.357. The third-order valence-corrected chi connectivity index (χ3v) is 3.90. The molecule has 1 aliphatic rings. The summed E-state index contributed by atoms with van der Waals surface area (Å²) in [6.07, 6.45) is 3.75. The van der Waals surface area contributed by atoms with E-state index in [1.807, 2.05) is 4.90 Å². The van der Waals surface area contributed by atoms with Crippen molar-refractivity contribution >= 4 is 5.91 Å². The van der Waals surface area contributed by atoms with Crippen LogP contribution in [0.15, 0.2) is 0 Å². The molecule has 1 rings (SSSR count). The largest absolute Gasteiger partial charge is 0.323 e. The first-order chi connectivity index (χ1) is 8.34. The molecule has 18 heavy (non-hydrogen) atoms. The topological polar surface area (TPSA) is 32.3 Å². The zero-order valence-corrected chi connectivity index (χ0v) is 12.9. The van der Waals surface area contributed by atoms with Gasteiger partial charge >= 0.3 is 0 Å². The molecule has 0 aromatic rings. The first-order valence-electron chi connectivity index (χ1n) is 7.42. The zero-order chi connectivity index (χ0) is 13.9. The highest BCUT2D eigenvalue weighted by molar-refractivity contribution is 5.84. The molecule has 1 N–H and O–H groups in total. The Labute approximate surface area is 112 Å². The number of hydrogen-bond donors (Lipinski definition) is 1. The Morgan fingerprint density at radius 2 is 1.78 bits per heavy atom. The third-order valence-electron chi connectivity index (χ3n) is 3.90. The maximum absolute atomic E-state index is 12.4. The molecule has 3 heteroatoms. The van der Waals surface area contributed by atoms with Gasteiger partial charge in [-0.2, -0.15) is 0 Å². The molecule has 1 fully saturated rings. The van der Waals surface area contributed by atoms with Crippen LogP contribution in [-0.4, -0.2) is 29.1 Å². The highest BCUT2D eigenvalue weighted by Crippen LogP contribution is 2.22. The Balaban J connectivity index is 2.52. The van der Waals surface area contributed by atoms with E-state index in [9.17, 15) is 4.79 Å². The van der Waals surface area contributed by atoms with Crippen LogP contribution in [0.1, 0.15) is 60.8 Å². The van der Waals surface area contributed by atoms with E-state index < -0.39 is 0 Å². The van der Waals surface area contributed by atoms with Crippen molar-refractivity contribution in [3.05, 3.63) is 0 Å². The van der Waals surface area contributed by atoms with Crippen LogP contribution in [-0.2, 0) is 4.79 Å². The Morgan fingerprint density at radius 3 is 2.22 bits per heavy atom. The number of carbonyl (C=O) groups is 1. The van der Waals surface area contributed by atoms with E-state index in [0.717, 1.165) is 12.3 Å². The quantitative estimate of drug-likeness (QED) is 0.790. The van der Waals surface area contributed by atoms with Crippen molar-refractivity contribution in [2.75, 3.05) is 0 Å². The van der Waals surface area contributed by atoms with Crippen LogP contribution in [0.4, 0.5) is 0 Å². The minimum atomic E-state index is 0.00699. The van der Waals surface area contributed by atoms with Crippen molar-refractivity contribution in [1.82, 2.24) is 10.2 Å². The van der Waals surface area contributed by atoms with Gasteiger partial charge in [0.25, 0.3) is 0 Å². The highest BCUT2D eigenvalue weighted by Gasteiger charge is 2.39. The maximum Gasteiger partial charge on any atom is 0.241 e. The SMILES string of the molecule is CC(C)CCCC(C)N1C(=O)C(C(C)C)NC1C. The van der Waals surface area contributed by atoms with Crippen LogP contribution in [0.5, 0.6) is 0 Å². The molecule has 0 radical (unpaired) electrons. The summed E-state index contributed by atoms with van der Waals surface area (Å²) in [6.45, 7) is 13.0. The van der Waals surface area contributed by atoms with Gasteiger partial charge in [0.2, 0.25) is 5.91 Å². The molecule has 1 saturated heterocycles. The lowest BCUT2D eigenvalue weighted by molar-refractivity contribution is -0.132. The van der Waals surface area contributed by atoms with Crippen molar-refractivity contribution in [3.63, 3.8) is 0 Å². The average molecular weight is 254 g/mol. The van der Waals surface area contributed by atoms with Gasteiger partial charge in [-0.1, -0.05) is 40.5 Å². The maximum atomic E-state index is 12.4. The predicted octanol–water partition coefficient (Wildman–Crippen LogP) is 3.00. The van der Waals surface area contributed by atoms with Crippen LogP contribution in [0.3, 0.4) is 0 Å². The van der Waals surface area contributed by atoms with E-state index in [0.29, 0.717) is 12.0 Å². The Kier molecular flexibility index (Phi) is 5.64. The van der Waals surface area contributed by atoms with Gasteiger partial charge in [-0.05, 0) is 32.1 Å². The second-order valence-corrected chi connectivity index (χ2v) is 6.48. The molecule has 3 atom stereocenters. The fraction of sp³-hybridized carbons (Fsp3) is 0.933. The number of amides is 1. The summed E-state index contributed by atoms with van der Waals surface area (Å²) in [5.74, 6) is 1.41.